The number of nitrogens with one attached hydrogen (secondary N) is 1. The Labute approximate surface area is 302 Å². The first-order chi connectivity index (χ1) is 24.8. The number of likely N-dealkylation sites (tertiary alicyclic amines) is 2. The monoisotopic (exact) mass is 709 g/mol. The average Bonchev–Trinajstić information content (AvgIpc) is 3.52. The number of hydrogen-bond acceptors (Lipinski definition) is 8. The van der Waals surface area contributed by atoms with Crippen molar-refractivity contribution in [2.24, 2.45) is 13.0 Å². The Kier molecular flexibility index (Phi) is 9.32. The molecule has 13 nitrogen and oxygen atoms in total. The number of benzene rings is 2. The van der Waals surface area contributed by atoms with Crippen molar-refractivity contribution in [3.8, 4) is 0 Å². The molecule has 52 heavy (non-hydrogen) atoms. The number of carbonyl (C=O) groups is 3. The fourth-order valence-corrected chi connectivity index (χ4v) is 7.77. The van der Waals surface area contributed by atoms with E-state index in [1.807, 2.05) is 74.0 Å². The highest BCUT2D eigenvalue weighted by molar-refractivity contribution is 6.00. The van der Waals surface area contributed by atoms with Crippen molar-refractivity contribution >= 4 is 40.3 Å². The zero-order valence-corrected chi connectivity index (χ0v) is 30.2. The van der Waals surface area contributed by atoms with Crippen molar-refractivity contribution in [2.75, 3.05) is 49.5 Å². The smallest absolute Gasteiger partial charge is 0.414 e. The van der Waals surface area contributed by atoms with Crippen molar-refractivity contribution in [3.63, 3.8) is 0 Å². The number of amides is 3. The van der Waals surface area contributed by atoms with E-state index in [-0.39, 0.29) is 35.8 Å². The van der Waals surface area contributed by atoms with E-state index in [4.69, 9.17) is 4.74 Å². The van der Waals surface area contributed by atoms with Gasteiger partial charge in [0.25, 0.3) is 11.5 Å². The number of ether oxygens (including phenoxy) is 1. The van der Waals surface area contributed by atoms with Gasteiger partial charge in [-0.1, -0.05) is 30.3 Å². The molecule has 2 saturated heterocycles. The average molecular weight is 710 g/mol. The van der Waals surface area contributed by atoms with Crippen LogP contribution >= 0.6 is 0 Å². The quantitative estimate of drug-likeness (QED) is 0.314. The van der Waals surface area contributed by atoms with E-state index in [1.54, 1.807) is 33.9 Å². The first-order valence-electron chi connectivity index (χ1n) is 18.0. The van der Waals surface area contributed by atoms with Gasteiger partial charge in [0, 0.05) is 69.9 Å². The third-order valence-corrected chi connectivity index (χ3v) is 10.6. The maximum Gasteiger partial charge on any atom is 0.414 e. The van der Waals surface area contributed by atoms with Gasteiger partial charge in [-0.05, 0) is 69.9 Å². The van der Waals surface area contributed by atoms with E-state index >= 15 is 0 Å². The van der Waals surface area contributed by atoms with Crippen LogP contribution < -0.4 is 15.8 Å². The summed E-state index contributed by atoms with van der Waals surface area (Å²) in [6, 6.07) is 16.9. The van der Waals surface area contributed by atoms with Gasteiger partial charge in [-0.3, -0.25) is 23.9 Å². The van der Waals surface area contributed by atoms with Crippen LogP contribution in [0.5, 0.6) is 0 Å². The van der Waals surface area contributed by atoms with Gasteiger partial charge >= 0.3 is 6.09 Å². The summed E-state index contributed by atoms with van der Waals surface area (Å²) < 4.78 is 8.90. The first kappa shape index (κ1) is 35.2. The van der Waals surface area contributed by atoms with Crippen LogP contribution in [0.1, 0.15) is 61.9 Å². The van der Waals surface area contributed by atoms with Crippen molar-refractivity contribution < 1.29 is 24.2 Å². The topological polar surface area (TPSA) is 142 Å². The Morgan fingerprint density at radius 2 is 1.75 bits per heavy atom. The van der Waals surface area contributed by atoms with Gasteiger partial charge in [-0.25, -0.2) is 9.78 Å². The van der Waals surface area contributed by atoms with Gasteiger partial charge in [-0.2, -0.15) is 0 Å². The molecular weight excluding hydrogens is 662 g/mol. The van der Waals surface area contributed by atoms with Crippen molar-refractivity contribution in [3.05, 3.63) is 88.6 Å². The van der Waals surface area contributed by atoms with Crippen LogP contribution in [0.2, 0.25) is 0 Å². The standard InChI is InChI=1S/C39H47N7O6/c1-38(2,3)52-37(50)46-21-16-40-31-11-10-27(22-32(31)46)34(47)44-18-13-28(30(23-44)26-8-6-5-7-9-26)35(48)43-19-14-39(51,15-20-43)24-45-25-41-33-29(36(45)49)12-17-42(33)4/h5-12,17,22,25,28,30,40,51H,13-16,18-21,23-24H2,1-4H3/t28-,30+/m1/s1. The molecule has 0 aliphatic carbocycles. The summed E-state index contributed by atoms with van der Waals surface area (Å²) in [5.41, 5.74) is 1.40. The highest BCUT2D eigenvalue weighted by Gasteiger charge is 2.42. The van der Waals surface area contributed by atoms with Crippen LogP contribution in [-0.4, -0.2) is 97.4 Å². The SMILES string of the molecule is Cn1ccc2c(=O)n(CC3(O)CCN(C(=O)[C@@H]4CCN(C(=O)c5ccc6c(c5)N(C(=O)OC(C)(C)C)CCN6)C[C@H]4c4ccccc4)CC3)cnc21. The lowest BCUT2D eigenvalue weighted by molar-refractivity contribution is -0.142. The summed E-state index contributed by atoms with van der Waals surface area (Å²) in [6.07, 6.45) is 3.96. The molecule has 2 aromatic carbocycles. The number of fused-ring (bicyclic) bond motifs is 2. The summed E-state index contributed by atoms with van der Waals surface area (Å²) in [7, 11) is 1.83. The Balaban J connectivity index is 1.05. The van der Waals surface area contributed by atoms with Gasteiger partial charge in [0.05, 0.1) is 28.9 Å². The van der Waals surface area contributed by atoms with Crippen LogP contribution in [0.25, 0.3) is 11.0 Å². The molecular formula is C39H47N7O6. The molecule has 2 atom stereocenters. The predicted octanol–water partition coefficient (Wildman–Crippen LogP) is 4.20. The minimum atomic E-state index is -1.15. The Hall–Kier alpha value is -5.17. The van der Waals surface area contributed by atoms with E-state index in [1.165, 1.54) is 10.9 Å². The number of hydrogen-bond donors (Lipinski definition) is 2. The number of aryl methyl sites for hydroxylation is 1. The van der Waals surface area contributed by atoms with Crippen LogP contribution in [0.15, 0.2) is 71.9 Å². The van der Waals surface area contributed by atoms with Crippen molar-refractivity contribution in [2.45, 2.75) is 63.7 Å². The lowest BCUT2D eigenvalue weighted by atomic mass is 9.79. The second kappa shape index (κ2) is 13.8. The molecule has 2 aromatic heterocycles. The fourth-order valence-electron chi connectivity index (χ4n) is 7.77. The molecule has 274 valence electrons. The lowest BCUT2D eigenvalue weighted by Gasteiger charge is -2.43. The molecule has 3 aliphatic rings. The van der Waals surface area contributed by atoms with E-state index in [0.29, 0.717) is 80.8 Å². The Morgan fingerprint density at radius 3 is 2.48 bits per heavy atom. The molecule has 0 radical (unpaired) electrons. The van der Waals surface area contributed by atoms with Crippen LogP contribution in [0.4, 0.5) is 16.2 Å². The number of rotatable bonds is 5. The van der Waals surface area contributed by atoms with Crippen molar-refractivity contribution in [1.82, 2.24) is 23.9 Å². The number of anilines is 2. The molecule has 13 heteroatoms. The molecule has 2 fully saturated rings. The molecule has 0 saturated carbocycles. The van der Waals surface area contributed by atoms with Crippen LogP contribution in [0, 0.1) is 5.92 Å². The fraction of sp³-hybridized carbons (Fsp3) is 0.462. The third kappa shape index (κ3) is 7.01. The minimum Gasteiger partial charge on any atom is -0.443 e. The molecule has 3 amide bonds. The van der Waals surface area contributed by atoms with Gasteiger partial charge in [0.1, 0.15) is 17.6 Å². The molecule has 5 heterocycles. The van der Waals surface area contributed by atoms with Crippen LogP contribution in [-0.2, 0) is 23.1 Å². The Bertz CT molecular complexity index is 2040. The normalized spacial score (nSPS) is 20.3. The predicted molar refractivity (Wildman–Crippen MR) is 197 cm³/mol. The maximum absolute atomic E-state index is 14.2. The highest BCUT2D eigenvalue weighted by Crippen LogP contribution is 2.37. The molecule has 0 bridgehead atoms. The number of aliphatic hydroxyl groups is 1. The lowest BCUT2D eigenvalue weighted by Crippen LogP contribution is -2.53. The first-order valence-corrected chi connectivity index (χ1v) is 18.0. The Morgan fingerprint density at radius 1 is 1.00 bits per heavy atom. The summed E-state index contributed by atoms with van der Waals surface area (Å²) in [5.74, 6) is -0.724. The van der Waals surface area contributed by atoms with Gasteiger partial charge in [0.2, 0.25) is 5.91 Å². The largest absolute Gasteiger partial charge is 0.443 e. The minimum absolute atomic E-state index is 0.0143. The summed E-state index contributed by atoms with van der Waals surface area (Å²) in [5, 5.41) is 15.3. The molecule has 7 rings (SSSR count). The number of nitrogens with zero attached hydrogens (tertiary/aromatic N) is 6. The number of piperidine rings is 2. The number of carbonyl (C=O) groups excluding carboxylic acids is 3. The second-order valence-electron chi connectivity index (χ2n) is 15.3. The van der Waals surface area contributed by atoms with E-state index < -0.39 is 17.3 Å². The van der Waals surface area contributed by atoms with Crippen LogP contribution in [0.3, 0.4) is 0 Å². The summed E-state index contributed by atoms with van der Waals surface area (Å²) in [6.45, 7) is 8.05. The molecule has 0 unspecified atom stereocenters. The molecule has 4 aromatic rings. The summed E-state index contributed by atoms with van der Waals surface area (Å²) >= 11 is 0. The number of aromatic nitrogens is 3. The molecule has 3 aliphatic heterocycles. The van der Waals surface area contributed by atoms with Crippen molar-refractivity contribution in [1.29, 1.82) is 0 Å². The highest BCUT2D eigenvalue weighted by atomic mass is 16.6. The molecule has 0 spiro atoms. The second-order valence-corrected chi connectivity index (χ2v) is 15.3. The van der Waals surface area contributed by atoms with Gasteiger partial charge in [0.15, 0.2) is 0 Å². The summed E-state index contributed by atoms with van der Waals surface area (Å²) in [4.78, 5) is 64.1. The van der Waals surface area contributed by atoms with Gasteiger partial charge < -0.3 is 29.5 Å². The zero-order valence-electron chi connectivity index (χ0n) is 30.2. The van der Waals surface area contributed by atoms with E-state index in [9.17, 15) is 24.3 Å². The van der Waals surface area contributed by atoms with E-state index in [2.05, 4.69) is 10.3 Å². The third-order valence-electron chi connectivity index (χ3n) is 10.6. The zero-order chi connectivity index (χ0) is 36.8. The molecule has 2 N–H and O–H groups in total. The van der Waals surface area contributed by atoms with Gasteiger partial charge in [-0.15, -0.1) is 0 Å². The maximum atomic E-state index is 14.2. The van der Waals surface area contributed by atoms with E-state index in [0.717, 1.165) is 11.3 Å².